The molecule has 1 atom stereocenters. The lowest BCUT2D eigenvalue weighted by atomic mass is 9.98. The molecule has 0 spiro atoms. The number of pyridine rings is 1. The van der Waals surface area contributed by atoms with Gasteiger partial charge in [-0.3, -0.25) is 9.88 Å². The number of aromatic nitrogens is 1. The van der Waals surface area contributed by atoms with Crippen LogP contribution < -0.4 is 0 Å². The predicted molar refractivity (Wildman–Crippen MR) is 71.1 cm³/mol. The molecule has 1 aliphatic rings. The van der Waals surface area contributed by atoms with Crippen molar-refractivity contribution in [2.24, 2.45) is 0 Å². The first-order valence-corrected chi connectivity index (χ1v) is 6.43. The summed E-state index contributed by atoms with van der Waals surface area (Å²) in [5, 5.41) is 9.31. The lowest BCUT2D eigenvalue weighted by molar-refractivity contribution is -0.143. The molecule has 108 valence electrons. The summed E-state index contributed by atoms with van der Waals surface area (Å²) in [4.78, 5) is 29.0. The fraction of sp³-hybridized carbons (Fsp3) is 0.500. The van der Waals surface area contributed by atoms with E-state index in [1.165, 1.54) is 4.90 Å². The van der Waals surface area contributed by atoms with Gasteiger partial charge in [0.25, 0.3) is 0 Å². The van der Waals surface area contributed by atoms with Gasteiger partial charge in [0, 0.05) is 12.6 Å². The van der Waals surface area contributed by atoms with E-state index in [0.29, 0.717) is 0 Å². The SMILES string of the molecule is CC(C)(C)OC(=O)N1Cc2ncccc2CC1C(=O)O. The summed E-state index contributed by atoms with van der Waals surface area (Å²) in [6.07, 6.45) is 1.26. The Morgan fingerprint density at radius 1 is 1.45 bits per heavy atom. The molecule has 1 unspecified atom stereocenters. The number of nitrogens with zero attached hydrogens (tertiary/aromatic N) is 2. The maximum atomic E-state index is 12.2. The molecule has 1 aliphatic heterocycles. The van der Waals surface area contributed by atoms with Gasteiger partial charge >= 0.3 is 12.1 Å². The van der Waals surface area contributed by atoms with Gasteiger partial charge in [-0.05, 0) is 32.4 Å². The largest absolute Gasteiger partial charge is 0.480 e. The number of hydrogen-bond donors (Lipinski definition) is 1. The fourth-order valence-corrected chi connectivity index (χ4v) is 2.12. The van der Waals surface area contributed by atoms with Crippen molar-refractivity contribution < 1.29 is 19.4 Å². The molecule has 1 N–H and O–H groups in total. The topological polar surface area (TPSA) is 79.7 Å². The van der Waals surface area contributed by atoms with Crippen LogP contribution in [0.25, 0.3) is 0 Å². The average molecular weight is 278 g/mol. The number of carbonyl (C=O) groups excluding carboxylic acids is 1. The number of hydrogen-bond acceptors (Lipinski definition) is 4. The van der Waals surface area contributed by atoms with Crippen LogP contribution in [0.4, 0.5) is 4.79 Å². The summed E-state index contributed by atoms with van der Waals surface area (Å²) in [5.74, 6) is -1.04. The summed E-state index contributed by atoms with van der Waals surface area (Å²) in [5.41, 5.74) is 0.917. The molecule has 0 aromatic carbocycles. The molecule has 20 heavy (non-hydrogen) atoms. The van der Waals surface area contributed by atoms with Crippen molar-refractivity contribution in [1.82, 2.24) is 9.88 Å². The Bertz CT molecular complexity index is 536. The number of carbonyl (C=O) groups is 2. The number of fused-ring (bicyclic) bond motifs is 1. The summed E-state index contributed by atoms with van der Waals surface area (Å²) in [6.45, 7) is 5.40. The van der Waals surface area contributed by atoms with Crippen LogP contribution in [0.2, 0.25) is 0 Å². The summed E-state index contributed by atoms with van der Waals surface area (Å²) in [7, 11) is 0. The number of ether oxygens (including phenoxy) is 1. The molecule has 0 saturated carbocycles. The van der Waals surface area contributed by atoms with Gasteiger partial charge in [-0.15, -0.1) is 0 Å². The van der Waals surface area contributed by atoms with Crippen molar-refractivity contribution in [2.45, 2.75) is 45.4 Å². The predicted octanol–water partition coefficient (Wildman–Crippen LogP) is 1.83. The molecule has 0 bridgehead atoms. The highest BCUT2D eigenvalue weighted by molar-refractivity contribution is 5.81. The van der Waals surface area contributed by atoms with Gasteiger partial charge in [-0.25, -0.2) is 9.59 Å². The zero-order valence-corrected chi connectivity index (χ0v) is 11.8. The molecule has 1 aromatic heterocycles. The second kappa shape index (κ2) is 5.11. The Kier molecular flexibility index (Phi) is 3.65. The quantitative estimate of drug-likeness (QED) is 0.847. The maximum absolute atomic E-state index is 12.2. The Hall–Kier alpha value is -2.11. The van der Waals surface area contributed by atoms with Crippen molar-refractivity contribution in [3.05, 3.63) is 29.6 Å². The van der Waals surface area contributed by atoms with E-state index in [9.17, 15) is 14.7 Å². The molecule has 1 aromatic rings. The minimum absolute atomic E-state index is 0.155. The second-order valence-electron chi connectivity index (χ2n) is 5.78. The van der Waals surface area contributed by atoms with Gasteiger partial charge in [0.2, 0.25) is 0 Å². The number of amides is 1. The van der Waals surface area contributed by atoms with Crippen LogP contribution in [0.5, 0.6) is 0 Å². The molecule has 0 aliphatic carbocycles. The second-order valence-corrected chi connectivity index (χ2v) is 5.78. The number of aliphatic carboxylic acids is 1. The standard InChI is InChI=1S/C14H18N2O4/c1-14(2,3)20-13(19)16-8-10-9(5-4-6-15-10)7-11(16)12(17)18/h4-6,11H,7-8H2,1-3H3,(H,17,18). The molecule has 1 amide bonds. The van der Waals surface area contributed by atoms with Crippen LogP contribution in [0.15, 0.2) is 18.3 Å². The first-order chi connectivity index (χ1) is 9.28. The van der Waals surface area contributed by atoms with Gasteiger partial charge in [-0.2, -0.15) is 0 Å². The Labute approximate surface area is 117 Å². The van der Waals surface area contributed by atoms with Crippen LogP contribution in [0.3, 0.4) is 0 Å². The third kappa shape index (κ3) is 3.07. The third-order valence-corrected chi connectivity index (χ3v) is 3.01. The van der Waals surface area contributed by atoms with Crippen LogP contribution in [-0.2, 0) is 22.5 Å². The van der Waals surface area contributed by atoms with Gasteiger partial charge in [-0.1, -0.05) is 6.07 Å². The highest BCUT2D eigenvalue weighted by Crippen LogP contribution is 2.24. The molecule has 0 saturated heterocycles. The Balaban J connectivity index is 2.27. The van der Waals surface area contributed by atoms with Crippen LogP contribution in [0, 0.1) is 0 Å². The number of rotatable bonds is 1. The Morgan fingerprint density at radius 2 is 2.15 bits per heavy atom. The van der Waals surface area contributed by atoms with Crippen molar-refractivity contribution in [1.29, 1.82) is 0 Å². The average Bonchev–Trinajstić information content (AvgIpc) is 2.35. The number of carboxylic acid groups (broad SMARTS) is 1. The fourth-order valence-electron chi connectivity index (χ4n) is 2.12. The highest BCUT2D eigenvalue weighted by atomic mass is 16.6. The van der Waals surface area contributed by atoms with Crippen LogP contribution in [0.1, 0.15) is 32.0 Å². The van der Waals surface area contributed by atoms with E-state index >= 15 is 0 Å². The smallest absolute Gasteiger partial charge is 0.411 e. The highest BCUT2D eigenvalue weighted by Gasteiger charge is 2.37. The Morgan fingerprint density at radius 3 is 2.75 bits per heavy atom. The third-order valence-electron chi connectivity index (χ3n) is 3.01. The molecule has 6 nitrogen and oxygen atoms in total. The first-order valence-electron chi connectivity index (χ1n) is 6.43. The van der Waals surface area contributed by atoms with Crippen molar-refractivity contribution in [3.8, 4) is 0 Å². The van der Waals surface area contributed by atoms with E-state index < -0.39 is 23.7 Å². The molecule has 2 heterocycles. The van der Waals surface area contributed by atoms with E-state index in [4.69, 9.17) is 4.74 Å². The van der Waals surface area contributed by atoms with Crippen LogP contribution >= 0.6 is 0 Å². The minimum atomic E-state index is -1.04. The molecule has 0 fully saturated rings. The van der Waals surface area contributed by atoms with E-state index in [1.807, 2.05) is 6.07 Å². The van der Waals surface area contributed by atoms with Crippen LogP contribution in [-0.4, -0.2) is 38.7 Å². The van der Waals surface area contributed by atoms with Gasteiger partial charge in [0.05, 0.1) is 12.2 Å². The lowest BCUT2D eigenvalue weighted by Crippen LogP contribution is -2.50. The molecule has 0 radical (unpaired) electrons. The van der Waals surface area contributed by atoms with Crippen molar-refractivity contribution in [2.75, 3.05) is 0 Å². The normalized spacial score (nSPS) is 18.4. The van der Waals surface area contributed by atoms with E-state index in [-0.39, 0.29) is 13.0 Å². The van der Waals surface area contributed by atoms with Crippen molar-refractivity contribution in [3.63, 3.8) is 0 Å². The molecular formula is C14H18N2O4. The lowest BCUT2D eigenvalue weighted by Gasteiger charge is -2.34. The first kappa shape index (κ1) is 14.3. The zero-order valence-electron chi connectivity index (χ0n) is 11.8. The van der Waals surface area contributed by atoms with Gasteiger partial charge in [0.15, 0.2) is 0 Å². The maximum Gasteiger partial charge on any atom is 0.411 e. The van der Waals surface area contributed by atoms with E-state index in [0.717, 1.165) is 11.3 Å². The van der Waals surface area contributed by atoms with E-state index in [1.54, 1.807) is 33.0 Å². The van der Waals surface area contributed by atoms with Gasteiger partial charge in [0.1, 0.15) is 11.6 Å². The summed E-state index contributed by atoms with van der Waals surface area (Å²) in [6, 6.07) is 2.69. The van der Waals surface area contributed by atoms with Crippen molar-refractivity contribution >= 4 is 12.1 Å². The summed E-state index contributed by atoms with van der Waals surface area (Å²) >= 11 is 0. The monoisotopic (exact) mass is 278 g/mol. The zero-order chi connectivity index (χ0) is 14.9. The van der Waals surface area contributed by atoms with E-state index in [2.05, 4.69) is 4.98 Å². The number of carboxylic acids is 1. The molecule has 6 heteroatoms. The molecular weight excluding hydrogens is 260 g/mol. The minimum Gasteiger partial charge on any atom is -0.480 e. The summed E-state index contributed by atoms with van der Waals surface area (Å²) < 4.78 is 5.27. The molecule has 2 rings (SSSR count). The van der Waals surface area contributed by atoms with Gasteiger partial charge < -0.3 is 9.84 Å².